The van der Waals surface area contributed by atoms with Crippen molar-refractivity contribution in [1.82, 2.24) is 0 Å². The van der Waals surface area contributed by atoms with Gasteiger partial charge in [-0.3, -0.25) is 4.79 Å². The number of aryl methyl sites for hydroxylation is 1. The van der Waals surface area contributed by atoms with E-state index in [-0.39, 0.29) is 22.9 Å². The van der Waals surface area contributed by atoms with Crippen LogP contribution in [0, 0.1) is 12.7 Å². The summed E-state index contributed by atoms with van der Waals surface area (Å²) in [4.78, 5) is 10.6. The van der Waals surface area contributed by atoms with Crippen LogP contribution >= 0.6 is 11.6 Å². The molecule has 0 fully saturated rings. The molecule has 0 unspecified atom stereocenters. The van der Waals surface area contributed by atoms with Gasteiger partial charge in [0.05, 0.1) is 5.02 Å². The van der Waals surface area contributed by atoms with Gasteiger partial charge in [-0.1, -0.05) is 24.3 Å². The van der Waals surface area contributed by atoms with E-state index in [0.29, 0.717) is 11.8 Å². The van der Waals surface area contributed by atoms with Crippen LogP contribution in [-0.2, 0) is 0 Å². The molecule has 0 aliphatic carbocycles. The molecule has 80 valence electrons. The largest absolute Gasteiger partial charge is 0.486 e. The Morgan fingerprint density at radius 3 is 2.87 bits per heavy atom. The second-order valence-corrected chi connectivity index (χ2v) is 3.33. The molecule has 1 aromatic carbocycles. The van der Waals surface area contributed by atoms with Gasteiger partial charge in [0, 0.05) is 5.56 Å². The summed E-state index contributed by atoms with van der Waals surface area (Å²) in [7, 11) is 0. The summed E-state index contributed by atoms with van der Waals surface area (Å²) >= 11 is 5.67. The van der Waals surface area contributed by atoms with Crippen LogP contribution in [0.2, 0.25) is 5.02 Å². The fourth-order valence-electron chi connectivity index (χ4n) is 1.14. The van der Waals surface area contributed by atoms with Gasteiger partial charge in [-0.05, 0) is 18.6 Å². The van der Waals surface area contributed by atoms with E-state index in [4.69, 9.17) is 16.3 Å². The molecule has 0 saturated carbocycles. The summed E-state index contributed by atoms with van der Waals surface area (Å²) in [5.74, 6) is -0.686. The fraction of sp³-hybridized carbons (Fsp3) is 0.182. The van der Waals surface area contributed by atoms with Crippen molar-refractivity contribution in [3.05, 3.63) is 40.7 Å². The van der Waals surface area contributed by atoms with Crippen LogP contribution in [-0.4, -0.2) is 12.9 Å². The number of hydrogen-bond acceptors (Lipinski definition) is 2. The molecule has 2 nitrogen and oxygen atoms in total. The smallest absolute Gasteiger partial charge is 0.184 e. The molecule has 0 radical (unpaired) electrons. The first kappa shape index (κ1) is 11.7. The molecule has 0 heterocycles. The van der Waals surface area contributed by atoms with Crippen LogP contribution in [0.3, 0.4) is 0 Å². The number of hydrogen-bond donors (Lipinski definition) is 0. The van der Waals surface area contributed by atoms with Crippen molar-refractivity contribution >= 4 is 17.9 Å². The number of rotatable bonds is 4. The maximum atomic E-state index is 13.5. The molecule has 0 aliphatic heterocycles. The van der Waals surface area contributed by atoms with Crippen molar-refractivity contribution < 1.29 is 13.9 Å². The quantitative estimate of drug-likeness (QED) is 0.585. The first-order valence-corrected chi connectivity index (χ1v) is 4.67. The Hall–Kier alpha value is -1.35. The highest BCUT2D eigenvalue weighted by Crippen LogP contribution is 2.30. The SMILES string of the molecule is C=CCOc1cc(C)c(C=O)c(Cl)c1F. The maximum absolute atomic E-state index is 13.5. The van der Waals surface area contributed by atoms with Crippen LogP contribution in [0.25, 0.3) is 0 Å². The van der Waals surface area contributed by atoms with Crippen LogP contribution in [0.4, 0.5) is 4.39 Å². The van der Waals surface area contributed by atoms with Gasteiger partial charge in [0.25, 0.3) is 0 Å². The summed E-state index contributed by atoms with van der Waals surface area (Å²) in [6.45, 7) is 5.30. The van der Waals surface area contributed by atoms with E-state index in [0.717, 1.165) is 0 Å². The predicted molar refractivity (Wildman–Crippen MR) is 57.2 cm³/mol. The van der Waals surface area contributed by atoms with Crippen molar-refractivity contribution in [3.63, 3.8) is 0 Å². The number of carbonyl (C=O) groups is 1. The highest BCUT2D eigenvalue weighted by atomic mass is 35.5. The van der Waals surface area contributed by atoms with E-state index in [1.807, 2.05) is 0 Å². The highest BCUT2D eigenvalue weighted by Gasteiger charge is 2.15. The molecule has 0 saturated heterocycles. The monoisotopic (exact) mass is 228 g/mol. The van der Waals surface area contributed by atoms with Crippen LogP contribution in [0.5, 0.6) is 5.75 Å². The predicted octanol–water partition coefficient (Wildman–Crippen LogP) is 3.16. The molecule has 1 aromatic rings. The number of benzene rings is 1. The number of carbonyl (C=O) groups excluding carboxylic acids is 1. The van der Waals surface area contributed by atoms with Gasteiger partial charge in [0.2, 0.25) is 0 Å². The Balaban J connectivity index is 3.20. The number of ether oxygens (including phenoxy) is 1. The molecule has 0 spiro atoms. The van der Waals surface area contributed by atoms with Crippen molar-refractivity contribution in [2.24, 2.45) is 0 Å². The Bertz CT molecular complexity index is 402. The minimum absolute atomic E-state index is 0.0306. The zero-order valence-corrected chi connectivity index (χ0v) is 8.97. The van der Waals surface area contributed by atoms with E-state index in [2.05, 4.69) is 6.58 Å². The number of halogens is 2. The zero-order chi connectivity index (χ0) is 11.4. The third-order valence-corrected chi connectivity index (χ3v) is 2.26. The van der Waals surface area contributed by atoms with Gasteiger partial charge in [-0.25, -0.2) is 4.39 Å². The van der Waals surface area contributed by atoms with Crippen molar-refractivity contribution in [2.45, 2.75) is 6.92 Å². The lowest BCUT2D eigenvalue weighted by Gasteiger charge is -2.09. The summed E-state index contributed by atoms with van der Waals surface area (Å²) in [5, 5.41) is -0.205. The summed E-state index contributed by atoms with van der Waals surface area (Å²) < 4.78 is 18.6. The van der Waals surface area contributed by atoms with E-state index in [9.17, 15) is 9.18 Å². The molecule has 0 atom stereocenters. The average Bonchev–Trinajstić information content (AvgIpc) is 2.22. The average molecular weight is 229 g/mol. The maximum Gasteiger partial charge on any atom is 0.184 e. The van der Waals surface area contributed by atoms with Crippen molar-refractivity contribution in [1.29, 1.82) is 0 Å². The van der Waals surface area contributed by atoms with E-state index < -0.39 is 5.82 Å². The molecular formula is C11H10ClFO2. The van der Waals surface area contributed by atoms with Crippen molar-refractivity contribution in [2.75, 3.05) is 6.61 Å². The lowest BCUT2D eigenvalue weighted by Crippen LogP contribution is -2.00. The molecule has 4 heteroatoms. The molecule has 0 aliphatic rings. The minimum atomic E-state index is -0.716. The van der Waals surface area contributed by atoms with Crippen LogP contribution in [0.1, 0.15) is 15.9 Å². The van der Waals surface area contributed by atoms with E-state index in [1.165, 1.54) is 12.1 Å². The third kappa shape index (κ3) is 2.36. The lowest BCUT2D eigenvalue weighted by atomic mass is 10.1. The molecule has 15 heavy (non-hydrogen) atoms. The van der Waals surface area contributed by atoms with Crippen LogP contribution in [0.15, 0.2) is 18.7 Å². The minimum Gasteiger partial charge on any atom is -0.486 e. The Kier molecular flexibility index (Phi) is 3.86. The second kappa shape index (κ2) is 4.94. The van der Waals surface area contributed by atoms with E-state index in [1.54, 1.807) is 6.92 Å². The second-order valence-electron chi connectivity index (χ2n) is 2.95. The molecular weight excluding hydrogens is 219 g/mol. The van der Waals surface area contributed by atoms with Gasteiger partial charge in [-0.2, -0.15) is 0 Å². The topological polar surface area (TPSA) is 26.3 Å². The Morgan fingerprint density at radius 2 is 2.33 bits per heavy atom. The van der Waals surface area contributed by atoms with Crippen LogP contribution < -0.4 is 4.74 Å². The van der Waals surface area contributed by atoms with Gasteiger partial charge >= 0.3 is 0 Å². The molecule has 0 amide bonds. The summed E-state index contributed by atoms with van der Waals surface area (Å²) in [6, 6.07) is 1.44. The standard InChI is InChI=1S/C11H10ClFO2/c1-3-4-15-9-5-7(2)8(6-14)10(12)11(9)13/h3,5-6H,1,4H2,2H3. The third-order valence-electron chi connectivity index (χ3n) is 1.89. The van der Waals surface area contributed by atoms with E-state index >= 15 is 0 Å². The molecule has 0 bridgehead atoms. The molecule has 1 rings (SSSR count). The first-order chi connectivity index (χ1) is 7.11. The van der Waals surface area contributed by atoms with Gasteiger partial charge in [0.1, 0.15) is 6.61 Å². The summed E-state index contributed by atoms with van der Waals surface area (Å²) in [5.41, 5.74) is 0.732. The Labute approximate surface area is 92.3 Å². The highest BCUT2D eigenvalue weighted by molar-refractivity contribution is 6.33. The van der Waals surface area contributed by atoms with Gasteiger partial charge in [0.15, 0.2) is 17.9 Å². The lowest BCUT2D eigenvalue weighted by molar-refractivity contribution is 0.112. The normalized spacial score (nSPS) is 9.80. The number of aldehydes is 1. The fourth-order valence-corrected chi connectivity index (χ4v) is 1.42. The van der Waals surface area contributed by atoms with Gasteiger partial charge < -0.3 is 4.74 Å². The zero-order valence-electron chi connectivity index (χ0n) is 8.22. The van der Waals surface area contributed by atoms with Gasteiger partial charge in [-0.15, -0.1) is 0 Å². The molecule has 0 N–H and O–H groups in total. The molecule has 0 aromatic heterocycles. The Morgan fingerprint density at radius 1 is 1.67 bits per heavy atom. The summed E-state index contributed by atoms with van der Waals surface area (Å²) in [6.07, 6.45) is 2.02. The first-order valence-electron chi connectivity index (χ1n) is 4.29. The van der Waals surface area contributed by atoms with Crippen molar-refractivity contribution in [3.8, 4) is 5.75 Å².